The van der Waals surface area contributed by atoms with Crippen LogP contribution in [0.1, 0.15) is 53.7 Å². The Hall–Kier alpha value is -3.85. The van der Waals surface area contributed by atoms with E-state index in [1.165, 1.54) is 11.1 Å². The second kappa shape index (κ2) is 12.9. The van der Waals surface area contributed by atoms with Gasteiger partial charge in [-0.15, -0.1) is 5.11 Å². The second-order valence-electron chi connectivity index (χ2n) is 9.50. The monoisotopic (exact) mass is 502 g/mol. The zero-order chi connectivity index (χ0) is 26.9. The number of benzene rings is 2. The van der Waals surface area contributed by atoms with Crippen molar-refractivity contribution < 1.29 is 4.79 Å². The Labute approximate surface area is 219 Å². The van der Waals surface area contributed by atoms with E-state index in [4.69, 9.17) is 11.6 Å². The number of amidine groups is 1. The zero-order valence-corrected chi connectivity index (χ0v) is 22.5. The second-order valence-corrected chi connectivity index (χ2v) is 9.50. The molecule has 1 heterocycles. The number of likely N-dealkylation sites (tertiary alicyclic amines) is 1. The molecule has 0 spiro atoms. The van der Waals surface area contributed by atoms with Gasteiger partial charge in [-0.25, -0.2) is 9.98 Å². The molecule has 2 aromatic rings. The molecule has 37 heavy (non-hydrogen) atoms. The van der Waals surface area contributed by atoms with Gasteiger partial charge in [-0.2, -0.15) is 0 Å². The summed E-state index contributed by atoms with van der Waals surface area (Å²) in [6, 6.07) is 11.7. The molecule has 1 unspecified atom stereocenters. The molecule has 0 aliphatic carbocycles. The van der Waals surface area contributed by atoms with E-state index >= 15 is 0 Å². The number of hydrogen-bond acceptors (Lipinski definition) is 6. The third-order valence-corrected chi connectivity index (χ3v) is 6.36. The van der Waals surface area contributed by atoms with E-state index in [1.807, 2.05) is 36.9 Å². The minimum atomic E-state index is 0.00657. The standard InChI is InChI=1S/C28H38N8O/c1-6-22(15-31-21(5)33-25-12-18(2)11-19(3)13-25)26(29)16-32-24-9-10-36(17-24)28(37)23-7-8-27(34-35-30)20(4)14-23/h7-8,11-15,24,32H,6,9-10,16-17,29H2,1-5H3,(H2,30,34). The van der Waals surface area contributed by atoms with Crippen molar-refractivity contribution in [3.05, 3.63) is 69.9 Å². The van der Waals surface area contributed by atoms with E-state index < -0.39 is 0 Å². The molecule has 3 rings (SSSR count). The highest BCUT2D eigenvalue weighted by atomic mass is 16.2. The number of amides is 1. The third-order valence-electron chi connectivity index (χ3n) is 6.36. The van der Waals surface area contributed by atoms with E-state index in [0.29, 0.717) is 36.7 Å². The topological polar surface area (TPSA) is 134 Å². The number of nitrogens with two attached hydrogens (primary N) is 2. The molecule has 1 amide bonds. The van der Waals surface area contributed by atoms with Gasteiger partial charge >= 0.3 is 0 Å². The van der Waals surface area contributed by atoms with Gasteiger partial charge in [-0.1, -0.05) is 18.2 Å². The summed E-state index contributed by atoms with van der Waals surface area (Å²) in [6.45, 7) is 11.8. The average Bonchev–Trinajstić information content (AvgIpc) is 3.32. The number of carbonyl (C=O) groups excluding carboxylic acids is 1. The lowest BCUT2D eigenvalue weighted by Crippen LogP contribution is -2.37. The number of carbonyl (C=O) groups is 1. The molecule has 1 saturated heterocycles. The van der Waals surface area contributed by atoms with Gasteiger partial charge in [0.15, 0.2) is 0 Å². The molecule has 9 nitrogen and oxygen atoms in total. The van der Waals surface area contributed by atoms with Gasteiger partial charge in [-0.05, 0) is 93.1 Å². The highest BCUT2D eigenvalue weighted by molar-refractivity contribution is 5.95. The van der Waals surface area contributed by atoms with Crippen LogP contribution >= 0.6 is 0 Å². The fourth-order valence-corrected chi connectivity index (χ4v) is 4.43. The van der Waals surface area contributed by atoms with Crippen molar-refractivity contribution >= 4 is 29.3 Å². The van der Waals surface area contributed by atoms with Crippen LogP contribution in [0.5, 0.6) is 0 Å². The molecule has 1 fully saturated rings. The SMILES string of the molecule is CCC(C=NC(C)=Nc1cc(C)cc(C)c1)=C(N)CNC1CCN(C(=O)c2ccc(N=NN)c(C)c2)C1. The van der Waals surface area contributed by atoms with Crippen LogP contribution in [0.2, 0.25) is 0 Å². The predicted octanol–water partition coefficient (Wildman–Crippen LogP) is 4.82. The van der Waals surface area contributed by atoms with Gasteiger partial charge in [0.05, 0.1) is 11.4 Å². The molecular weight excluding hydrogens is 464 g/mol. The van der Waals surface area contributed by atoms with Crippen molar-refractivity contribution in [3.63, 3.8) is 0 Å². The predicted molar refractivity (Wildman–Crippen MR) is 151 cm³/mol. The van der Waals surface area contributed by atoms with Crippen LogP contribution in [0.15, 0.2) is 68.0 Å². The lowest BCUT2D eigenvalue weighted by Gasteiger charge is -2.18. The quantitative estimate of drug-likeness (QED) is 0.157. The summed E-state index contributed by atoms with van der Waals surface area (Å²) in [4.78, 5) is 24.0. The molecule has 1 aliphatic rings. The summed E-state index contributed by atoms with van der Waals surface area (Å²) in [7, 11) is 0. The maximum atomic E-state index is 13.0. The van der Waals surface area contributed by atoms with E-state index in [2.05, 4.69) is 52.5 Å². The Bertz CT molecular complexity index is 1220. The molecule has 0 bridgehead atoms. The molecule has 196 valence electrons. The number of nitrogens with zero attached hydrogens (tertiary/aromatic N) is 5. The van der Waals surface area contributed by atoms with Gasteiger partial charge < -0.3 is 21.8 Å². The molecule has 2 aromatic carbocycles. The highest BCUT2D eigenvalue weighted by Gasteiger charge is 2.27. The number of nitrogens with one attached hydrogen (secondary N) is 1. The smallest absolute Gasteiger partial charge is 0.253 e. The first-order chi connectivity index (χ1) is 17.7. The maximum absolute atomic E-state index is 13.0. The van der Waals surface area contributed by atoms with Crippen molar-refractivity contribution in [2.75, 3.05) is 19.6 Å². The molecule has 5 N–H and O–H groups in total. The van der Waals surface area contributed by atoms with E-state index in [1.54, 1.807) is 18.3 Å². The molecule has 9 heteroatoms. The summed E-state index contributed by atoms with van der Waals surface area (Å²) < 4.78 is 0. The van der Waals surface area contributed by atoms with Crippen LogP contribution in [-0.2, 0) is 0 Å². The van der Waals surface area contributed by atoms with Crippen molar-refractivity contribution in [1.82, 2.24) is 10.2 Å². The normalized spacial score (nSPS) is 17.2. The van der Waals surface area contributed by atoms with Gasteiger partial charge in [0.1, 0.15) is 5.84 Å². The minimum absolute atomic E-state index is 0.00657. The first-order valence-corrected chi connectivity index (χ1v) is 12.6. The summed E-state index contributed by atoms with van der Waals surface area (Å²) in [5.41, 5.74) is 13.5. The molecule has 1 aliphatic heterocycles. The van der Waals surface area contributed by atoms with Crippen molar-refractivity contribution in [2.45, 2.75) is 53.5 Å². The third kappa shape index (κ3) is 7.82. The fourth-order valence-electron chi connectivity index (χ4n) is 4.43. The Kier molecular flexibility index (Phi) is 9.68. The van der Waals surface area contributed by atoms with Crippen LogP contribution < -0.4 is 16.9 Å². The van der Waals surface area contributed by atoms with Crippen LogP contribution in [-0.4, -0.2) is 48.5 Å². The van der Waals surface area contributed by atoms with Crippen molar-refractivity contribution in [3.8, 4) is 0 Å². The first kappa shape index (κ1) is 27.7. The summed E-state index contributed by atoms with van der Waals surface area (Å²) >= 11 is 0. The van der Waals surface area contributed by atoms with E-state index in [-0.39, 0.29) is 11.9 Å². The van der Waals surface area contributed by atoms with Crippen LogP contribution in [0.25, 0.3) is 0 Å². The number of hydrogen-bond donors (Lipinski definition) is 3. The summed E-state index contributed by atoms with van der Waals surface area (Å²) in [6.07, 6.45) is 3.44. The fraction of sp³-hybridized carbons (Fsp3) is 0.393. The van der Waals surface area contributed by atoms with Gasteiger partial charge in [0, 0.05) is 43.2 Å². The van der Waals surface area contributed by atoms with Gasteiger partial charge in [-0.3, -0.25) is 4.79 Å². The Morgan fingerprint density at radius 1 is 1.16 bits per heavy atom. The average molecular weight is 503 g/mol. The summed E-state index contributed by atoms with van der Waals surface area (Å²) in [5.74, 6) is 5.82. The van der Waals surface area contributed by atoms with Gasteiger partial charge in [0.25, 0.3) is 5.91 Å². The molecule has 1 atom stereocenters. The summed E-state index contributed by atoms with van der Waals surface area (Å²) in [5, 5.41) is 10.7. The van der Waals surface area contributed by atoms with E-state index in [9.17, 15) is 4.79 Å². The van der Waals surface area contributed by atoms with Crippen LogP contribution in [0.3, 0.4) is 0 Å². The molecular formula is C28H38N8O. The minimum Gasteiger partial charge on any atom is -0.401 e. The number of allylic oxidation sites excluding steroid dienone is 1. The number of aryl methyl sites for hydroxylation is 3. The first-order valence-electron chi connectivity index (χ1n) is 12.6. The maximum Gasteiger partial charge on any atom is 0.253 e. The van der Waals surface area contributed by atoms with Gasteiger partial charge in [0.2, 0.25) is 0 Å². The number of rotatable bonds is 8. The lowest BCUT2D eigenvalue weighted by atomic mass is 10.1. The molecule has 0 radical (unpaired) electrons. The van der Waals surface area contributed by atoms with Crippen molar-refractivity contribution in [2.24, 2.45) is 31.9 Å². The largest absolute Gasteiger partial charge is 0.401 e. The Balaban J connectivity index is 1.57. The van der Waals surface area contributed by atoms with Crippen LogP contribution in [0.4, 0.5) is 11.4 Å². The van der Waals surface area contributed by atoms with Crippen LogP contribution in [0, 0.1) is 20.8 Å². The zero-order valence-electron chi connectivity index (χ0n) is 22.5. The van der Waals surface area contributed by atoms with Crippen molar-refractivity contribution in [1.29, 1.82) is 0 Å². The molecule has 0 saturated carbocycles. The lowest BCUT2D eigenvalue weighted by molar-refractivity contribution is 0.0789. The highest BCUT2D eigenvalue weighted by Crippen LogP contribution is 2.22. The Morgan fingerprint density at radius 2 is 1.89 bits per heavy atom. The molecule has 0 aromatic heterocycles. The van der Waals surface area contributed by atoms with E-state index in [0.717, 1.165) is 35.4 Å². The Morgan fingerprint density at radius 3 is 2.54 bits per heavy atom. The number of aliphatic imine (C=N–C) groups is 2.